The first-order chi connectivity index (χ1) is 10.1. The van der Waals surface area contributed by atoms with Crippen molar-refractivity contribution in [3.8, 4) is 11.5 Å². The van der Waals surface area contributed by atoms with E-state index in [1.165, 1.54) is 0 Å². The number of para-hydroxylation sites is 2. The normalized spacial score (nSPS) is 10.2. The molecule has 0 fully saturated rings. The van der Waals surface area contributed by atoms with Crippen molar-refractivity contribution in [3.05, 3.63) is 41.2 Å². The van der Waals surface area contributed by atoms with Gasteiger partial charge in [-0.1, -0.05) is 12.1 Å². The molecule has 0 unspecified atom stereocenters. The number of carbonyl (C=O) groups is 1. The molecule has 0 spiro atoms. The van der Waals surface area contributed by atoms with Gasteiger partial charge in [0, 0.05) is 17.8 Å². The number of nitrogens with one attached hydrogen (secondary N) is 2. The molecule has 0 saturated carbocycles. The lowest BCUT2D eigenvalue weighted by molar-refractivity contribution is -0.123. The fourth-order valence-corrected chi connectivity index (χ4v) is 1.95. The Morgan fingerprint density at radius 3 is 2.62 bits per heavy atom. The van der Waals surface area contributed by atoms with Crippen molar-refractivity contribution in [1.29, 1.82) is 0 Å². The van der Waals surface area contributed by atoms with Crippen LogP contribution in [-0.4, -0.2) is 29.8 Å². The van der Waals surface area contributed by atoms with Crippen LogP contribution in [0.2, 0.25) is 0 Å². The summed E-state index contributed by atoms with van der Waals surface area (Å²) in [4.78, 5) is 11.8. The molecule has 2 N–H and O–H groups in total. The lowest BCUT2D eigenvalue weighted by atomic mass is 10.2. The van der Waals surface area contributed by atoms with Gasteiger partial charge in [0.2, 0.25) is 0 Å². The molecule has 0 atom stereocenters. The van der Waals surface area contributed by atoms with Gasteiger partial charge in [-0.15, -0.1) is 0 Å². The van der Waals surface area contributed by atoms with E-state index in [2.05, 4.69) is 15.5 Å². The number of benzene rings is 1. The van der Waals surface area contributed by atoms with Crippen LogP contribution in [0.5, 0.6) is 11.5 Å². The van der Waals surface area contributed by atoms with Gasteiger partial charge >= 0.3 is 0 Å². The Morgan fingerprint density at radius 1 is 1.29 bits per heavy atom. The number of H-pyrrole nitrogens is 1. The Labute approximate surface area is 123 Å². The summed E-state index contributed by atoms with van der Waals surface area (Å²) < 4.78 is 10.6. The van der Waals surface area contributed by atoms with Crippen molar-refractivity contribution in [3.63, 3.8) is 0 Å². The molecule has 0 radical (unpaired) electrons. The van der Waals surface area contributed by atoms with Crippen LogP contribution >= 0.6 is 0 Å². The van der Waals surface area contributed by atoms with Gasteiger partial charge in [0.15, 0.2) is 18.1 Å². The van der Waals surface area contributed by atoms with Crippen molar-refractivity contribution in [1.82, 2.24) is 15.5 Å². The molecule has 6 nitrogen and oxygen atoms in total. The second-order valence-electron chi connectivity index (χ2n) is 4.63. The smallest absolute Gasteiger partial charge is 0.258 e. The third-order valence-electron chi connectivity index (χ3n) is 3.17. The third kappa shape index (κ3) is 3.75. The second kappa shape index (κ2) is 6.78. The van der Waals surface area contributed by atoms with E-state index < -0.39 is 0 Å². The average molecular weight is 289 g/mol. The maximum absolute atomic E-state index is 11.8. The maximum atomic E-state index is 11.8. The van der Waals surface area contributed by atoms with Crippen molar-refractivity contribution in [2.75, 3.05) is 13.7 Å². The molecule has 21 heavy (non-hydrogen) atoms. The highest BCUT2D eigenvalue weighted by atomic mass is 16.5. The average Bonchev–Trinajstić information content (AvgIpc) is 2.82. The van der Waals surface area contributed by atoms with Crippen molar-refractivity contribution < 1.29 is 14.3 Å². The Kier molecular flexibility index (Phi) is 4.81. The number of aromatic amines is 1. The predicted molar refractivity (Wildman–Crippen MR) is 78.4 cm³/mol. The second-order valence-corrected chi connectivity index (χ2v) is 4.63. The van der Waals surface area contributed by atoms with Crippen LogP contribution in [-0.2, 0) is 11.3 Å². The molecular weight excluding hydrogens is 270 g/mol. The number of nitrogens with zero attached hydrogens (tertiary/aromatic N) is 1. The molecule has 1 aromatic heterocycles. The minimum Gasteiger partial charge on any atom is -0.493 e. The van der Waals surface area contributed by atoms with Crippen LogP contribution in [0.15, 0.2) is 24.3 Å². The van der Waals surface area contributed by atoms with E-state index >= 15 is 0 Å². The van der Waals surface area contributed by atoms with Crippen LogP contribution in [0.1, 0.15) is 17.0 Å². The number of amides is 1. The highest BCUT2D eigenvalue weighted by Crippen LogP contribution is 2.25. The summed E-state index contributed by atoms with van der Waals surface area (Å²) in [6.07, 6.45) is 0. The summed E-state index contributed by atoms with van der Waals surface area (Å²) in [5.41, 5.74) is 2.84. The summed E-state index contributed by atoms with van der Waals surface area (Å²) in [6.45, 7) is 4.20. The maximum Gasteiger partial charge on any atom is 0.258 e. The van der Waals surface area contributed by atoms with Gasteiger partial charge in [0.25, 0.3) is 5.91 Å². The van der Waals surface area contributed by atoms with Crippen LogP contribution in [0.3, 0.4) is 0 Å². The van der Waals surface area contributed by atoms with E-state index in [0.29, 0.717) is 18.0 Å². The van der Waals surface area contributed by atoms with Crippen LogP contribution < -0.4 is 14.8 Å². The number of carbonyl (C=O) groups excluding carboxylic acids is 1. The molecule has 0 aliphatic carbocycles. The molecule has 0 saturated heterocycles. The van der Waals surface area contributed by atoms with Gasteiger partial charge in [-0.3, -0.25) is 9.89 Å². The number of hydrogen-bond donors (Lipinski definition) is 2. The molecule has 6 heteroatoms. The van der Waals surface area contributed by atoms with E-state index in [4.69, 9.17) is 9.47 Å². The summed E-state index contributed by atoms with van der Waals surface area (Å²) in [6, 6.07) is 7.21. The topological polar surface area (TPSA) is 76.2 Å². The fraction of sp³-hybridized carbons (Fsp3) is 0.333. The summed E-state index contributed by atoms with van der Waals surface area (Å²) in [5, 5.41) is 9.78. The van der Waals surface area contributed by atoms with Gasteiger partial charge in [-0.2, -0.15) is 5.10 Å². The number of methoxy groups -OCH3 is 1. The zero-order valence-electron chi connectivity index (χ0n) is 12.4. The first kappa shape index (κ1) is 14.9. The van der Waals surface area contributed by atoms with Crippen LogP contribution in [0, 0.1) is 13.8 Å². The van der Waals surface area contributed by atoms with Crippen LogP contribution in [0.25, 0.3) is 0 Å². The fourth-order valence-electron chi connectivity index (χ4n) is 1.95. The Bertz CT molecular complexity index is 603. The van der Waals surface area contributed by atoms with Gasteiger partial charge in [0.05, 0.1) is 12.8 Å². The first-order valence-electron chi connectivity index (χ1n) is 6.64. The van der Waals surface area contributed by atoms with E-state index in [9.17, 15) is 4.79 Å². The van der Waals surface area contributed by atoms with Crippen molar-refractivity contribution >= 4 is 5.91 Å². The van der Waals surface area contributed by atoms with Crippen molar-refractivity contribution in [2.24, 2.45) is 0 Å². The first-order valence-corrected chi connectivity index (χ1v) is 6.64. The van der Waals surface area contributed by atoms with E-state index in [1.54, 1.807) is 19.2 Å². The summed E-state index contributed by atoms with van der Waals surface area (Å²) in [5.74, 6) is 0.957. The predicted octanol–water partition coefficient (Wildman–Crippen LogP) is 1.73. The quantitative estimate of drug-likeness (QED) is 0.849. The Balaban J connectivity index is 1.85. The molecule has 1 aromatic carbocycles. The van der Waals surface area contributed by atoms with Gasteiger partial charge in [-0.05, 0) is 26.0 Å². The standard InChI is InChI=1S/C15H19N3O3/c1-10-12(11(2)18-17-10)8-16-15(19)9-21-14-7-5-4-6-13(14)20-3/h4-7H,8-9H2,1-3H3,(H,16,19)(H,17,18). The monoisotopic (exact) mass is 289 g/mol. The number of aryl methyl sites for hydroxylation is 2. The Morgan fingerprint density at radius 2 is 2.00 bits per heavy atom. The molecule has 0 aliphatic rings. The van der Waals surface area contributed by atoms with Crippen LogP contribution in [0.4, 0.5) is 0 Å². The summed E-state index contributed by atoms with van der Waals surface area (Å²) >= 11 is 0. The highest BCUT2D eigenvalue weighted by molar-refractivity contribution is 5.77. The lowest BCUT2D eigenvalue weighted by Crippen LogP contribution is -2.28. The zero-order valence-corrected chi connectivity index (χ0v) is 12.4. The van der Waals surface area contributed by atoms with E-state index in [1.807, 2.05) is 26.0 Å². The largest absolute Gasteiger partial charge is 0.493 e. The van der Waals surface area contributed by atoms with Gasteiger partial charge < -0.3 is 14.8 Å². The van der Waals surface area contributed by atoms with E-state index in [0.717, 1.165) is 17.0 Å². The number of rotatable bonds is 6. The van der Waals surface area contributed by atoms with E-state index in [-0.39, 0.29) is 12.5 Å². The molecule has 2 rings (SSSR count). The Hall–Kier alpha value is -2.50. The van der Waals surface area contributed by atoms with Crippen molar-refractivity contribution in [2.45, 2.75) is 20.4 Å². The SMILES string of the molecule is COc1ccccc1OCC(=O)NCc1c(C)n[nH]c1C. The molecule has 0 aliphatic heterocycles. The number of aromatic nitrogens is 2. The molecule has 0 bridgehead atoms. The minimum atomic E-state index is -0.194. The lowest BCUT2D eigenvalue weighted by Gasteiger charge is -2.10. The zero-order chi connectivity index (χ0) is 15.2. The molecular formula is C15H19N3O3. The number of hydrogen-bond acceptors (Lipinski definition) is 4. The molecule has 1 amide bonds. The van der Waals surface area contributed by atoms with Gasteiger partial charge in [0.1, 0.15) is 0 Å². The molecule has 1 heterocycles. The van der Waals surface area contributed by atoms with Gasteiger partial charge in [-0.25, -0.2) is 0 Å². The summed E-state index contributed by atoms with van der Waals surface area (Å²) in [7, 11) is 1.56. The third-order valence-corrected chi connectivity index (χ3v) is 3.17. The molecule has 2 aromatic rings. The minimum absolute atomic E-state index is 0.0592. The number of ether oxygens (including phenoxy) is 2. The highest BCUT2D eigenvalue weighted by Gasteiger charge is 2.10. The molecule has 112 valence electrons.